The van der Waals surface area contributed by atoms with E-state index in [0.29, 0.717) is 22.9 Å². The first-order valence-corrected chi connectivity index (χ1v) is 8.90. The first-order chi connectivity index (χ1) is 10.5. The Kier molecular flexibility index (Phi) is 2.69. The number of hydrogen-bond donors (Lipinski definition) is 0. The second kappa shape index (κ2) is 4.39. The van der Waals surface area contributed by atoms with Crippen molar-refractivity contribution < 1.29 is 18.0 Å². The number of sulfone groups is 1. The Hall–Kier alpha value is -2.21. The lowest BCUT2D eigenvalue weighted by molar-refractivity contribution is 0.0556. The van der Waals surface area contributed by atoms with E-state index in [-0.39, 0.29) is 11.5 Å². The SMILES string of the molecule is O=C1c2cccc3cccc(c23)C(=O)N1[C@H]1CCS(=O)(=O)C1. The molecule has 1 saturated heterocycles. The van der Waals surface area contributed by atoms with Crippen LogP contribution in [0.5, 0.6) is 0 Å². The molecule has 0 N–H and O–H groups in total. The van der Waals surface area contributed by atoms with Gasteiger partial charge >= 0.3 is 0 Å². The summed E-state index contributed by atoms with van der Waals surface area (Å²) in [5.41, 5.74) is 0.939. The summed E-state index contributed by atoms with van der Waals surface area (Å²) in [5.74, 6) is -0.892. The molecule has 1 fully saturated rings. The summed E-state index contributed by atoms with van der Waals surface area (Å²) in [4.78, 5) is 26.6. The summed E-state index contributed by atoms with van der Waals surface area (Å²) < 4.78 is 23.4. The molecule has 0 saturated carbocycles. The van der Waals surface area contributed by atoms with Crippen molar-refractivity contribution in [2.45, 2.75) is 12.5 Å². The Morgan fingerprint density at radius 1 is 0.955 bits per heavy atom. The standard InChI is InChI=1S/C16H13NO4S/c18-15-12-5-1-3-10-4-2-6-13(14(10)12)16(19)17(15)11-7-8-22(20,21)9-11/h1-6,11H,7-9H2/t11-/m0/s1. The highest BCUT2D eigenvalue weighted by Crippen LogP contribution is 2.32. The van der Waals surface area contributed by atoms with Gasteiger partial charge in [0.25, 0.3) is 11.8 Å². The Labute approximate surface area is 127 Å². The molecule has 2 amide bonds. The van der Waals surface area contributed by atoms with Gasteiger partial charge in [-0.1, -0.05) is 24.3 Å². The fraction of sp³-hybridized carbons (Fsp3) is 0.250. The molecule has 1 atom stereocenters. The molecular formula is C16H13NO4S. The monoisotopic (exact) mass is 315 g/mol. The molecule has 2 aliphatic rings. The Balaban J connectivity index is 1.89. The minimum atomic E-state index is -3.17. The van der Waals surface area contributed by atoms with Gasteiger partial charge in [0.05, 0.1) is 17.5 Å². The van der Waals surface area contributed by atoms with Crippen molar-refractivity contribution in [2.75, 3.05) is 11.5 Å². The van der Waals surface area contributed by atoms with E-state index in [0.717, 1.165) is 10.3 Å². The van der Waals surface area contributed by atoms with Crippen molar-refractivity contribution in [1.82, 2.24) is 4.90 Å². The van der Waals surface area contributed by atoms with E-state index in [1.807, 2.05) is 12.1 Å². The lowest BCUT2D eigenvalue weighted by atomic mass is 9.93. The van der Waals surface area contributed by atoms with Crippen molar-refractivity contribution in [3.63, 3.8) is 0 Å². The number of rotatable bonds is 1. The lowest BCUT2D eigenvalue weighted by Gasteiger charge is -2.31. The molecule has 0 unspecified atom stereocenters. The summed E-state index contributed by atoms with van der Waals surface area (Å²) in [7, 11) is -3.17. The zero-order valence-corrected chi connectivity index (χ0v) is 12.5. The minimum absolute atomic E-state index is 0.0283. The maximum Gasteiger partial charge on any atom is 0.261 e. The number of carbonyl (C=O) groups is 2. The quantitative estimate of drug-likeness (QED) is 0.750. The third-order valence-electron chi connectivity index (χ3n) is 4.38. The van der Waals surface area contributed by atoms with E-state index in [2.05, 4.69) is 0 Å². The number of benzene rings is 2. The molecule has 0 spiro atoms. The number of carbonyl (C=O) groups excluding carboxylic acids is 2. The molecule has 2 aromatic rings. The average Bonchev–Trinajstić information content (AvgIpc) is 2.84. The van der Waals surface area contributed by atoms with Crippen LogP contribution in [0.15, 0.2) is 36.4 Å². The lowest BCUT2D eigenvalue weighted by Crippen LogP contribution is -2.47. The molecule has 0 bridgehead atoms. The summed E-state index contributed by atoms with van der Waals surface area (Å²) in [6.45, 7) is 0. The molecular weight excluding hydrogens is 302 g/mol. The molecule has 5 nitrogen and oxygen atoms in total. The van der Waals surface area contributed by atoms with Crippen molar-refractivity contribution >= 4 is 32.4 Å². The summed E-state index contributed by atoms with van der Waals surface area (Å²) in [5, 5.41) is 1.51. The normalized spacial score (nSPS) is 23.3. The van der Waals surface area contributed by atoms with Gasteiger partial charge in [-0.15, -0.1) is 0 Å². The molecule has 0 radical (unpaired) electrons. The van der Waals surface area contributed by atoms with Crippen molar-refractivity contribution in [3.05, 3.63) is 47.5 Å². The topological polar surface area (TPSA) is 71.5 Å². The van der Waals surface area contributed by atoms with Gasteiger partial charge in [-0.2, -0.15) is 0 Å². The number of imide groups is 1. The van der Waals surface area contributed by atoms with E-state index < -0.39 is 27.7 Å². The molecule has 2 heterocycles. The van der Waals surface area contributed by atoms with E-state index in [9.17, 15) is 18.0 Å². The van der Waals surface area contributed by atoms with Crippen LogP contribution in [0.4, 0.5) is 0 Å². The third-order valence-corrected chi connectivity index (χ3v) is 6.13. The predicted octanol–water partition coefficient (Wildman–Crippen LogP) is 1.62. The summed E-state index contributed by atoms with van der Waals surface area (Å²) >= 11 is 0. The van der Waals surface area contributed by atoms with Gasteiger partial charge < -0.3 is 0 Å². The Morgan fingerprint density at radius 2 is 1.55 bits per heavy atom. The van der Waals surface area contributed by atoms with Crippen molar-refractivity contribution in [2.24, 2.45) is 0 Å². The number of hydrogen-bond acceptors (Lipinski definition) is 4. The molecule has 6 heteroatoms. The van der Waals surface area contributed by atoms with Crippen LogP contribution in [0.1, 0.15) is 27.1 Å². The van der Waals surface area contributed by atoms with E-state index in [1.165, 1.54) is 0 Å². The Morgan fingerprint density at radius 3 is 2.05 bits per heavy atom. The smallest absolute Gasteiger partial charge is 0.261 e. The minimum Gasteiger partial charge on any atom is -0.270 e. The van der Waals surface area contributed by atoms with Crippen molar-refractivity contribution in [1.29, 1.82) is 0 Å². The molecule has 4 rings (SSSR count). The Bertz CT molecular complexity index is 882. The van der Waals surface area contributed by atoms with Gasteiger partial charge in [-0.3, -0.25) is 14.5 Å². The zero-order valence-electron chi connectivity index (χ0n) is 11.7. The summed E-state index contributed by atoms with van der Waals surface area (Å²) in [6.07, 6.45) is 0.317. The zero-order chi connectivity index (χ0) is 15.5. The maximum absolute atomic E-state index is 12.7. The van der Waals surface area contributed by atoms with Crippen LogP contribution in [0.25, 0.3) is 10.8 Å². The van der Waals surface area contributed by atoms with Crippen molar-refractivity contribution in [3.8, 4) is 0 Å². The van der Waals surface area contributed by atoms with Gasteiger partial charge in [-0.25, -0.2) is 8.42 Å². The van der Waals surface area contributed by atoms with Crippen LogP contribution in [0.3, 0.4) is 0 Å². The molecule has 2 aliphatic heterocycles. The predicted molar refractivity (Wildman–Crippen MR) is 81.5 cm³/mol. The van der Waals surface area contributed by atoms with Crippen LogP contribution < -0.4 is 0 Å². The summed E-state index contributed by atoms with van der Waals surface area (Å²) in [6, 6.07) is 10.1. The maximum atomic E-state index is 12.7. The van der Waals surface area contributed by atoms with Crippen LogP contribution in [-0.2, 0) is 9.84 Å². The van der Waals surface area contributed by atoms with Crippen LogP contribution >= 0.6 is 0 Å². The van der Waals surface area contributed by atoms with E-state index in [4.69, 9.17) is 0 Å². The van der Waals surface area contributed by atoms with Crippen LogP contribution in [-0.4, -0.2) is 42.7 Å². The number of nitrogens with zero attached hydrogens (tertiary/aromatic N) is 1. The first-order valence-electron chi connectivity index (χ1n) is 7.08. The first kappa shape index (κ1) is 13.5. The van der Waals surface area contributed by atoms with E-state index >= 15 is 0 Å². The fourth-order valence-electron chi connectivity index (χ4n) is 3.36. The van der Waals surface area contributed by atoms with Gasteiger partial charge in [0.2, 0.25) is 0 Å². The van der Waals surface area contributed by atoms with E-state index in [1.54, 1.807) is 24.3 Å². The molecule has 2 aromatic carbocycles. The highest BCUT2D eigenvalue weighted by atomic mass is 32.2. The molecule has 0 aliphatic carbocycles. The van der Waals surface area contributed by atoms with Crippen LogP contribution in [0.2, 0.25) is 0 Å². The highest BCUT2D eigenvalue weighted by molar-refractivity contribution is 7.91. The van der Waals surface area contributed by atoms with Crippen LogP contribution in [0, 0.1) is 0 Å². The third kappa shape index (κ3) is 1.80. The largest absolute Gasteiger partial charge is 0.270 e. The van der Waals surface area contributed by atoms with Gasteiger partial charge in [0, 0.05) is 16.5 Å². The van der Waals surface area contributed by atoms with Gasteiger partial charge in [-0.05, 0) is 23.9 Å². The average molecular weight is 315 g/mol. The second-order valence-corrected chi connectivity index (χ2v) is 7.98. The molecule has 0 aromatic heterocycles. The fourth-order valence-corrected chi connectivity index (χ4v) is 5.06. The van der Waals surface area contributed by atoms with Gasteiger partial charge in [0.1, 0.15) is 0 Å². The molecule has 112 valence electrons. The highest BCUT2D eigenvalue weighted by Gasteiger charge is 2.41. The second-order valence-electron chi connectivity index (χ2n) is 5.75. The number of amides is 2. The molecule has 22 heavy (non-hydrogen) atoms. The van der Waals surface area contributed by atoms with Gasteiger partial charge in [0.15, 0.2) is 9.84 Å².